The quantitative estimate of drug-likeness (QED) is 0.652. The lowest BCUT2D eigenvalue weighted by atomic mass is 10.1. The summed E-state index contributed by atoms with van der Waals surface area (Å²) in [7, 11) is 0. The maximum absolute atomic E-state index is 13.4. The Labute approximate surface area is 120 Å². The molecule has 0 aliphatic carbocycles. The van der Waals surface area contributed by atoms with Gasteiger partial charge in [-0.1, -0.05) is 0 Å². The van der Waals surface area contributed by atoms with Crippen LogP contribution in [0.2, 0.25) is 0 Å². The van der Waals surface area contributed by atoms with Crippen molar-refractivity contribution < 1.29 is 24.0 Å². The van der Waals surface area contributed by atoms with Gasteiger partial charge in [-0.05, 0) is 11.6 Å². The first-order valence-corrected chi connectivity index (χ1v) is 6.43. The third kappa shape index (κ3) is 4.47. The predicted molar refractivity (Wildman–Crippen MR) is 70.3 cm³/mol. The molecule has 1 atom stereocenters. The lowest BCUT2D eigenvalue weighted by Crippen LogP contribution is -2.42. The van der Waals surface area contributed by atoms with Crippen LogP contribution >= 0.6 is 0 Å². The van der Waals surface area contributed by atoms with Gasteiger partial charge in [0.25, 0.3) is 5.69 Å². The van der Waals surface area contributed by atoms with Crippen LogP contribution in [-0.2, 0) is 16.1 Å². The number of carboxylic acid groups (broad SMARTS) is 1. The van der Waals surface area contributed by atoms with Crippen molar-refractivity contribution in [3.63, 3.8) is 0 Å². The Balaban J connectivity index is 2.03. The van der Waals surface area contributed by atoms with Crippen LogP contribution in [0.3, 0.4) is 0 Å². The third-order valence-electron chi connectivity index (χ3n) is 3.18. The number of hydrogen-bond donors (Lipinski definition) is 1. The van der Waals surface area contributed by atoms with Crippen molar-refractivity contribution in [1.82, 2.24) is 4.90 Å². The summed E-state index contributed by atoms with van der Waals surface area (Å²) in [6.45, 7) is 1.67. The van der Waals surface area contributed by atoms with E-state index in [4.69, 9.17) is 9.84 Å². The first kappa shape index (κ1) is 15.3. The zero-order chi connectivity index (χ0) is 15.4. The lowest BCUT2D eigenvalue weighted by Gasteiger charge is -2.32. The predicted octanol–water partition coefficient (Wildman–Crippen LogP) is 1.41. The normalized spacial score (nSPS) is 19.4. The van der Waals surface area contributed by atoms with Gasteiger partial charge in [-0.2, -0.15) is 0 Å². The summed E-state index contributed by atoms with van der Waals surface area (Å²) >= 11 is 0. The zero-order valence-corrected chi connectivity index (χ0v) is 11.2. The number of nitro groups is 1. The summed E-state index contributed by atoms with van der Waals surface area (Å²) in [6, 6.07) is 3.44. The number of rotatable bonds is 5. The van der Waals surface area contributed by atoms with Gasteiger partial charge in [0, 0.05) is 25.7 Å². The highest BCUT2D eigenvalue weighted by atomic mass is 19.1. The van der Waals surface area contributed by atoms with Gasteiger partial charge in [-0.3, -0.25) is 19.8 Å². The number of aliphatic carboxylic acids is 1. The SMILES string of the molecule is O=C(O)CC1CN(Cc2cc(F)cc([N+](=O)[O-])c2)CCO1. The van der Waals surface area contributed by atoms with E-state index in [-0.39, 0.29) is 12.1 Å². The fourth-order valence-electron chi connectivity index (χ4n) is 2.33. The first-order chi connectivity index (χ1) is 9.94. The highest BCUT2D eigenvalue weighted by molar-refractivity contribution is 5.67. The molecule has 0 bridgehead atoms. The van der Waals surface area contributed by atoms with Crippen molar-refractivity contribution in [2.24, 2.45) is 0 Å². The highest BCUT2D eigenvalue weighted by Gasteiger charge is 2.23. The van der Waals surface area contributed by atoms with Crippen LogP contribution in [0.25, 0.3) is 0 Å². The maximum atomic E-state index is 13.4. The second-order valence-corrected chi connectivity index (χ2v) is 4.90. The minimum absolute atomic E-state index is 0.0974. The number of carbonyl (C=O) groups is 1. The third-order valence-corrected chi connectivity index (χ3v) is 3.18. The molecule has 0 amide bonds. The molecule has 1 N–H and O–H groups in total. The number of ether oxygens (including phenoxy) is 1. The molecular formula is C13H15FN2O5. The molecule has 21 heavy (non-hydrogen) atoms. The van der Waals surface area contributed by atoms with E-state index in [1.165, 1.54) is 12.1 Å². The van der Waals surface area contributed by atoms with E-state index >= 15 is 0 Å². The Morgan fingerprint density at radius 3 is 2.95 bits per heavy atom. The summed E-state index contributed by atoms with van der Waals surface area (Å²) in [5.74, 6) is -1.60. The van der Waals surface area contributed by atoms with Gasteiger partial charge in [0.1, 0.15) is 5.82 Å². The van der Waals surface area contributed by atoms with Gasteiger partial charge >= 0.3 is 5.97 Å². The number of carboxylic acids is 1. The van der Waals surface area contributed by atoms with Gasteiger partial charge in [0.15, 0.2) is 0 Å². The van der Waals surface area contributed by atoms with Crippen molar-refractivity contribution in [2.45, 2.75) is 19.1 Å². The van der Waals surface area contributed by atoms with Gasteiger partial charge < -0.3 is 9.84 Å². The molecule has 1 aliphatic heterocycles. The van der Waals surface area contributed by atoms with Crippen LogP contribution in [0.5, 0.6) is 0 Å². The fourth-order valence-corrected chi connectivity index (χ4v) is 2.33. The smallest absolute Gasteiger partial charge is 0.306 e. The molecule has 1 aromatic rings. The molecule has 2 rings (SSSR count). The van der Waals surface area contributed by atoms with E-state index in [0.29, 0.717) is 31.8 Å². The van der Waals surface area contributed by atoms with Crippen LogP contribution in [0.15, 0.2) is 18.2 Å². The Bertz CT molecular complexity index is 551. The molecule has 8 heteroatoms. The number of morpholine rings is 1. The monoisotopic (exact) mass is 298 g/mol. The van der Waals surface area contributed by atoms with Crippen molar-refractivity contribution in [3.8, 4) is 0 Å². The molecule has 1 aliphatic rings. The number of benzene rings is 1. The highest BCUT2D eigenvalue weighted by Crippen LogP contribution is 2.19. The molecule has 7 nitrogen and oxygen atoms in total. The van der Waals surface area contributed by atoms with Crippen molar-refractivity contribution in [3.05, 3.63) is 39.7 Å². The number of hydrogen-bond acceptors (Lipinski definition) is 5. The maximum Gasteiger partial charge on any atom is 0.306 e. The fraction of sp³-hybridized carbons (Fsp3) is 0.462. The van der Waals surface area contributed by atoms with Crippen LogP contribution in [-0.4, -0.2) is 46.7 Å². The second kappa shape index (κ2) is 6.59. The summed E-state index contributed by atoms with van der Waals surface area (Å²) in [6.07, 6.45) is -0.514. The molecule has 1 saturated heterocycles. The topological polar surface area (TPSA) is 92.9 Å². The molecule has 1 fully saturated rings. The molecule has 0 radical (unpaired) electrons. The molecule has 114 valence electrons. The average Bonchev–Trinajstić information content (AvgIpc) is 2.37. The van der Waals surface area contributed by atoms with Crippen LogP contribution in [0.1, 0.15) is 12.0 Å². The molecule has 0 aromatic heterocycles. The Morgan fingerprint density at radius 2 is 2.29 bits per heavy atom. The van der Waals surface area contributed by atoms with E-state index in [9.17, 15) is 19.3 Å². The van der Waals surface area contributed by atoms with Crippen LogP contribution in [0.4, 0.5) is 10.1 Å². The van der Waals surface area contributed by atoms with Gasteiger partial charge in [-0.15, -0.1) is 0 Å². The number of non-ortho nitro benzene ring substituents is 1. The number of nitrogens with zero attached hydrogens (tertiary/aromatic N) is 2. The second-order valence-electron chi connectivity index (χ2n) is 4.90. The summed E-state index contributed by atoms with van der Waals surface area (Å²) in [5, 5.41) is 19.5. The largest absolute Gasteiger partial charge is 0.481 e. The molecular weight excluding hydrogens is 283 g/mol. The van der Waals surface area contributed by atoms with Crippen molar-refractivity contribution in [2.75, 3.05) is 19.7 Å². The van der Waals surface area contributed by atoms with Gasteiger partial charge in [0.2, 0.25) is 0 Å². The standard InChI is InChI=1S/C13H15FN2O5/c14-10-3-9(4-11(5-10)16(19)20)7-15-1-2-21-12(8-15)6-13(17)18/h3-5,12H,1-2,6-8H2,(H,17,18). The molecule has 1 heterocycles. The Hall–Kier alpha value is -2.06. The van der Waals surface area contributed by atoms with E-state index in [0.717, 1.165) is 6.07 Å². The summed E-state index contributed by atoms with van der Waals surface area (Å²) in [4.78, 5) is 22.6. The zero-order valence-electron chi connectivity index (χ0n) is 11.2. The van der Waals surface area contributed by atoms with E-state index in [2.05, 4.69) is 0 Å². The van der Waals surface area contributed by atoms with Crippen LogP contribution in [0, 0.1) is 15.9 Å². The van der Waals surface area contributed by atoms with E-state index in [1.54, 1.807) is 0 Å². The molecule has 0 saturated carbocycles. The van der Waals surface area contributed by atoms with E-state index in [1.807, 2.05) is 4.90 Å². The Morgan fingerprint density at radius 1 is 1.52 bits per heavy atom. The van der Waals surface area contributed by atoms with Crippen LogP contribution < -0.4 is 0 Å². The van der Waals surface area contributed by atoms with Gasteiger partial charge in [0.05, 0.1) is 30.1 Å². The summed E-state index contributed by atoms with van der Waals surface area (Å²) in [5.41, 5.74) is 0.193. The summed E-state index contributed by atoms with van der Waals surface area (Å²) < 4.78 is 18.7. The molecule has 1 aromatic carbocycles. The first-order valence-electron chi connectivity index (χ1n) is 6.43. The van der Waals surface area contributed by atoms with E-state index < -0.39 is 22.8 Å². The minimum Gasteiger partial charge on any atom is -0.481 e. The average molecular weight is 298 g/mol. The molecule has 0 spiro atoms. The Kier molecular flexibility index (Phi) is 4.81. The van der Waals surface area contributed by atoms with Crippen molar-refractivity contribution >= 4 is 11.7 Å². The minimum atomic E-state index is -0.941. The molecule has 1 unspecified atom stereocenters. The van der Waals surface area contributed by atoms with Gasteiger partial charge in [-0.25, -0.2) is 4.39 Å². The lowest BCUT2D eigenvalue weighted by molar-refractivity contribution is -0.385. The number of nitro benzene ring substituents is 1. The number of halogens is 1. The van der Waals surface area contributed by atoms with Crippen molar-refractivity contribution in [1.29, 1.82) is 0 Å².